The maximum Gasteiger partial charge on any atom is 0.0159 e. The van der Waals surface area contributed by atoms with E-state index in [0.29, 0.717) is 0 Å². The molecule has 0 nitrogen and oxygen atoms in total. The molecule has 0 heteroatoms. The van der Waals surface area contributed by atoms with Crippen LogP contribution in [0, 0.1) is 0 Å². The molecule has 0 unspecified atom stereocenters. The number of hydrogen-bond donors (Lipinski definition) is 0. The Labute approximate surface area is 276 Å². The van der Waals surface area contributed by atoms with Gasteiger partial charge in [0, 0.05) is 5.41 Å². The Kier molecular flexibility index (Phi) is 6.27. The fourth-order valence-electron chi connectivity index (χ4n) is 8.04. The Morgan fingerprint density at radius 2 is 0.787 bits per heavy atom. The van der Waals surface area contributed by atoms with E-state index in [2.05, 4.69) is 184 Å². The van der Waals surface area contributed by atoms with Gasteiger partial charge in [-0.1, -0.05) is 172 Å². The van der Waals surface area contributed by atoms with Crippen molar-refractivity contribution in [3.05, 3.63) is 181 Å². The number of hydrogen-bond acceptors (Lipinski definition) is 0. The topological polar surface area (TPSA) is 0 Å². The molecule has 0 atom stereocenters. The molecule has 0 radical (unpaired) electrons. The van der Waals surface area contributed by atoms with Crippen LogP contribution in [0.1, 0.15) is 25.0 Å². The van der Waals surface area contributed by atoms with E-state index in [-0.39, 0.29) is 5.41 Å². The predicted octanol–water partition coefficient (Wildman–Crippen LogP) is 13.0. The van der Waals surface area contributed by atoms with Gasteiger partial charge in [0.15, 0.2) is 0 Å². The highest BCUT2D eigenvalue weighted by molar-refractivity contribution is 6.22. The zero-order valence-electron chi connectivity index (χ0n) is 26.7. The molecule has 47 heavy (non-hydrogen) atoms. The van der Waals surface area contributed by atoms with Gasteiger partial charge in [0.1, 0.15) is 0 Å². The van der Waals surface area contributed by atoms with Gasteiger partial charge in [-0.15, -0.1) is 0 Å². The van der Waals surface area contributed by atoms with Crippen LogP contribution in [0.25, 0.3) is 77.2 Å². The van der Waals surface area contributed by atoms with Crippen molar-refractivity contribution in [3.8, 4) is 55.6 Å². The number of fused-ring (bicyclic) bond motifs is 5. The van der Waals surface area contributed by atoms with E-state index in [1.165, 1.54) is 88.3 Å². The van der Waals surface area contributed by atoms with E-state index >= 15 is 0 Å². The lowest BCUT2D eigenvalue weighted by Crippen LogP contribution is -2.14. The van der Waals surface area contributed by atoms with Crippen LogP contribution in [-0.4, -0.2) is 0 Å². The molecule has 0 fully saturated rings. The van der Waals surface area contributed by atoms with Crippen molar-refractivity contribution in [2.45, 2.75) is 19.3 Å². The average Bonchev–Trinajstić information content (AvgIpc) is 3.36. The SMILES string of the molecule is CC1(C)c2ccccc2-c2ccc(-c3cccc(-c4c5ccccc5c(-c5ccccc5-c5ccccc5)c5ccccc45)c3)cc21. The van der Waals surface area contributed by atoms with Gasteiger partial charge in [-0.25, -0.2) is 0 Å². The van der Waals surface area contributed by atoms with Crippen molar-refractivity contribution in [2.75, 3.05) is 0 Å². The molecule has 0 aliphatic heterocycles. The highest BCUT2D eigenvalue weighted by Crippen LogP contribution is 2.50. The molecule has 9 rings (SSSR count). The van der Waals surface area contributed by atoms with Gasteiger partial charge in [0.05, 0.1) is 0 Å². The van der Waals surface area contributed by atoms with Crippen LogP contribution in [-0.2, 0) is 5.41 Å². The van der Waals surface area contributed by atoms with Crippen molar-refractivity contribution in [3.63, 3.8) is 0 Å². The maximum absolute atomic E-state index is 2.42. The van der Waals surface area contributed by atoms with Gasteiger partial charge in [-0.3, -0.25) is 0 Å². The van der Waals surface area contributed by atoms with Crippen molar-refractivity contribution < 1.29 is 0 Å². The molecule has 222 valence electrons. The van der Waals surface area contributed by atoms with Crippen LogP contribution in [0.5, 0.6) is 0 Å². The summed E-state index contributed by atoms with van der Waals surface area (Å²) in [5, 5.41) is 5.08. The molecule has 1 aliphatic rings. The molecule has 1 aliphatic carbocycles. The summed E-state index contributed by atoms with van der Waals surface area (Å²) in [4.78, 5) is 0. The first kappa shape index (κ1) is 27.6. The van der Waals surface area contributed by atoms with Gasteiger partial charge in [-0.05, 0) is 100 Å². The molecule has 0 bridgehead atoms. The largest absolute Gasteiger partial charge is 0.0622 e. The van der Waals surface area contributed by atoms with E-state index in [0.717, 1.165) is 0 Å². The van der Waals surface area contributed by atoms with Crippen LogP contribution in [0.4, 0.5) is 0 Å². The first-order valence-electron chi connectivity index (χ1n) is 16.5. The first-order valence-corrected chi connectivity index (χ1v) is 16.5. The van der Waals surface area contributed by atoms with Crippen molar-refractivity contribution >= 4 is 21.5 Å². The van der Waals surface area contributed by atoms with Crippen molar-refractivity contribution in [1.82, 2.24) is 0 Å². The van der Waals surface area contributed by atoms with E-state index in [1.807, 2.05) is 0 Å². The molecule has 0 aromatic heterocycles. The summed E-state index contributed by atoms with van der Waals surface area (Å²) >= 11 is 0. The second-order valence-electron chi connectivity index (χ2n) is 13.3. The zero-order valence-corrected chi connectivity index (χ0v) is 26.7. The maximum atomic E-state index is 2.42. The van der Waals surface area contributed by atoms with Crippen LogP contribution in [0.2, 0.25) is 0 Å². The predicted molar refractivity (Wildman–Crippen MR) is 201 cm³/mol. The quantitative estimate of drug-likeness (QED) is 0.177. The number of benzene rings is 8. The lowest BCUT2D eigenvalue weighted by atomic mass is 9.81. The normalized spacial score (nSPS) is 13.1. The Hall–Kier alpha value is -5.72. The molecule has 8 aromatic carbocycles. The molecule has 0 saturated heterocycles. The summed E-state index contributed by atoms with van der Waals surface area (Å²) in [7, 11) is 0. The monoisotopic (exact) mass is 598 g/mol. The summed E-state index contributed by atoms with van der Waals surface area (Å²) in [6.45, 7) is 4.71. The van der Waals surface area contributed by atoms with Crippen molar-refractivity contribution in [2.24, 2.45) is 0 Å². The van der Waals surface area contributed by atoms with E-state index in [1.54, 1.807) is 0 Å². The third kappa shape index (κ3) is 4.29. The van der Waals surface area contributed by atoms with Gasteiger partial charge in [0.25, 0.3) is 0 Å². The summed E-state index contributed by atoms with van der Waals surface area (Å²) in [6, 6.07) is 62.6. The average molecular weight is 599 g/mol. The number of rotatable bonds is 4. The van der Waals surface area contributed by atoms with E-state index in [9.17, 15) is 0 Å². The second kappa shape index (κ2) is 10.7. The van der Waals surface area contributed by atoms with Gasteiger partial charge in [0.2, 0.25) is 0 Å². The molecule has 0 N–H and O–H groups in total. The standard InChI is InChI=1S/C47H34/c1-47(2)43-26-13-12-20-36(43)37-28-27-33(30-44(37)47)32-17-14-18-34(29-32)45-39-22-8-10-24-41(39)46(42-25-11-9-23-40(42)45)38-21-7-6-19-35(38)31-15-4-3-5-16-31/h3-30H,1-2H3. The van der Waals surface area contributed by atoms with Gasteiger partial charge >= 0.3 is 0 Å². The molecular formula is C47H34. The van der Waals surface area contributed by atoms with Crippen molar-refractivity contribution in [1.29, 1.82) is 0 Å². The molecule has 0 amide bonds. The summed E-state index contributed by atoms with van der Waals surface area (Å²) in [5.41, 5.74) is 15.5. The molecule has 0 heterocycles. The fourth-order valence-corrected chi connectivity index (χ4v) is 8.04. The minimum absolute atomic E-state index is 0.0299. The summed E-state index contributed by atoms with van der Waals surface area (Å²) in [6.07, 6.45) is 0. The smallest absolute Gasteiger partial charge is 0.0159 e. The molecule has 0 spiro atoms. The highest BCUT2D eigenvalue weighted by atomic mass is 14.4. The minimum Gasteiger partial charge on any atom is -0.0622 e. The summed E-state index contributed by atoms with van der Waals surface area (Å²) < 4.78 is 0. The van der Waals surface area contributed by atoms with Crippen LogP contribution in [0.3, 0.4) is 0 Å². The first-order chi connectivity index (χ1) is 23.1. The molecule has 0 saturated carbocycles. The molecule has 8 aromatic rings. The van der Waals surface area contributed by atoms with Crippen LogP contribution in [0.15, 0.2) is 170 Å². The highest BCUT2D eigenvalue weighted by Gasteiger charge is 2.35. The van der Waals surface area contributed by atoms with Gasteiger partial charge < -0.3 is 0 Å². The lowest BCUT2D eigenvalue weighted by Gasteiger charge is -2.22. The third-order valence-electron chi connectivity index (χ3n) is 10.3. The van der Waals surface area contributed by atoms with Crippen LogP contribution >= 0.6 is 0 Å². The Balaban J connectivity index is 1.26. The minimum atomic E-state index is -0.0299. The van der Waals surface area contributed by atoms with Crippen LogP contribution < -0.4 is 0 Å². The Morgan fingerprint density at radius 3 is 1.49 bits per heavy atom. The second-order valence-corrected chi connectivity index (χ2v) is 13.3. The Morgan fingerprint density at radius 1 is 0.298 bits per heavy atom. The fraction of sp³-hybridized carbons (Fsp3) is 0.0638. The zero-order chi connectivity index (χ0) is 31.5. The van der Waals surface area contributed by atoms with E-state index < -0.39 is 0 Å². The molecular weight excluding hydrogens is 565 g/mol. The Bertz CT molecular complexity index is 2420. The van der Waals surface area contributed by atoms with E-state index in [4.69, 9.17) is 0 Å². The lowest BCUT2D eigenvalue weighted by molar-refractivity contribution is 0.660. The third-order valence-corrected chi connectivity index (χ3v) is 10.3. The summed E-state index contributed by atoms with van der Waals surface area (Å²) in [5.74, 6) is 0. The van der Waals surface area contributed by atoms with Gasteiger partial charge in [-0.2, -0.15) is 0 Å².